The molecule has 5 nitrogen and oxygen atoms in total. The van der Waals surface area contributed by atoms with Crippen LogP contribution in [0.5, 0.6) is 0 Å². The first-order valence-electron chi connectivity index (χ1n) is 4.78. The lowest BCUT2D eigenvalue weighted by molar-refractivity contribution is -0.385. The predicted octanol–water partition coefficient (Wildman–Crippen LogP) is 2.63. The molecular formula is C10H8F3NO4. The first-order chi connectivity index (χ1) is 8.21. The van der Waals surface area contributed by atoms with Crippen LogP contribution >= 0.6 is 0 Å². The van der Waals surface area contributed by atoms with E-state index in [1.54, 1.807) is 0 Å². The molecule has 0 fully saturated rings. The highest BCUT2D eigenvalue weighted by molar-refractivity contribution is 5.67. The number of benzene rings is 1. The molecule has 0 radical (unpaired) electrons. The summed E-state index contributed by atoms with van der Waals surface area (Å²) in [6.07, 6.45) is -5.55. The molecule has 0 aliphatic heterocycles. The molecule has 0 aromatic heterocycles. The van der Waals surface area contributed by atoms with Crippen LogP contribution in [0.3, 0.4) is 0 Å². The molecule has 0 bridgehead atoms. The quantitative estimate of drug-likeness (QED) is 0.668. The van der Waals surface area contributed by atoms with Gasteiger partial charge in [-0.25, -0.2) is 0 Å². The van der Waals surface area contributed by atoms with Crippen molar-refractivity contribution in [2.45, 2.75) is 19.0 Å². The molecule has 1 aromatic rings. The van der Waals surface area contributed by atoms with E-state index in [4.69, 9.17) is 5.11 Å². The van der Waals surface area contributed by atoms with Crippen molar-refractivity contribution in [1.82, 2.24) is 0 Å². The van der Waals surface area contributed by atoms with Gasteiger partial charge in [-0.1, -0.05) is 6.07 Å². The predicted molar refractivity (Wildman–Crippen MR) is 54.1 cm³/mol. The van der Waals surface area contributed by atoms with Gasteiger partial charge in [0.05, 0.1) is 10.5 Å². The van der Waals surface area contributed by atoms with E-state index in [9.17, 15) is 28.1 Å². The Balaban J connectivity index is 3.17. The van der Waals surface area contributed by atoms with Crippen LogP contribution in [0.1, 0.15) is 17.5 Å². The van der Waals surface area contributed by atoms with Gasteiger partial charge in [0.2, 0.25) is 0 Å². The number of alkyl halides is 3. The average molecular weight is 263 g/mol. The van der Waals surface area contributed by atoms with Gasteiger partial charge in [0.1, 0.15) is 0 Å². The van der Waals surface area contributed by atoms with Gasteiger partial charge in [-0.3, -0.25) is 14.9 Å². The lowest BCUT2D eigenvalue weighted by atomic mass is 10.0. The first kappa shape index (κ1) is 13.9. The first-order valence-corrected chi connectivity index (χ1v) is 4.78. The number of halogens is 3. The van der Waals surface area contributed by atoms with Crippen molar-refractivity contribution < 1.29 is 28.0 Å². The number of nitrogens with zero attached hydrogens (tertiary/aromatic N) is 1. The van der Waals surface area contributed by atoms with Crippen LogP contribution in [0, 0.1) is 10.1 Å². The largest absolute Gasteiger partial charge is 0.481 e. The van der Waals surface area contributed by atoms with E-state index in [1.807, 2.05) is 0 Å². The number of non-ortho nitro benzene ring substituents is 1. The van der Waals surface area contributed by atoms with Gasteiger partial charge in [0, 0.05) is 18.6 Å². The van der Waals surface area contributed by atoms with Crippen molar-refractivity contribution in [3.05, 3.63) is 39.4 Å². The summed E-state index contributed by atoms with van der Waals surface area (Å²) >= 11 is 0. The van der Waals surface area contributed by atoms with Gasteiger partial charge in [-0.05, 0) is 12.0 Å². The maximum Gasteiger partial charge on any atom is 0.416 e. The topological polar surface area (TPSA) is 80.4 Å². The number of hydrogen-bond acceptors (Lipinski definition) is 3. The summed E-state index contributed by atoms with van der Waals surface area (Å²) in [4.78, 5) is 19.8. The minimum atomic E-state index is -4.75. The Morgan fingerprint density at radius 1 is 1.39 bits per heavy atom. The van der Waals surface area contributed by atoms with Gasteiger partial charge in [0.25, 0.3) is 5.69 Å². The summed E-state index contributed by atoms with van der Waals surface area (Å²) in [5, 5.41) is 18.8. The molecule has 8 heteroatoms. The number of carboxylic acid groups (broad SMARTS) is 1. The van der Waals surface area contributed by atoms with Crippen molar-refractivity contribution in [1.29, 1.82) is 0 Å². The highest BCUT2D eigenvalue weighted by Crippen LogP contribution is 2.34. The van der Waals surface area contributed by atoms with Crippen LogP contribution in [0.15, 0.2) is 18.2 Å². The Kier molecular flexibility index (Phi) is 3.89. The fraction of sp³-hybridized carbons (Fsp3) is 0.300. The molecular weight excluding hydrogens is 255 g/mol. The van der Waals surface area contributed by atoms with Crippen molar-refractivity contribution in [2.24, 2.45) is 0 Å². The minimum Gasteiger partial charge on any atom is -0.481 e. The molecule has 0 spiro atoms. The van der Waals surface area contributed by atoms with Crippen LogP contribution < -0.4 is 0 Å². The van der Waals surface area contributed by atoms with Crippen molar-refractivity contribution in [3.63, 3.8) is 0 Å². The maximum absolute atomic E-state index is 12.6. The molecule has 18 heavy (non-hydrogen) atoms. The van der Waals surface area contributed by atoms with E-state index < -0.39 is 34.7 Å². The molecule has 0 aliphatic rings. The van der Waals surface area contributed by atoms with E-state index >= 15 is 0 Å². The molecule has 98 valence electrons. The molecule has 0 unspecified atom stereocenters. The van der Waals surface area contributed by atoms with E-state index in [-0.39, 0.29) is 12.0 Å². The Labute approximate surface area is 99.0 Å². The van der Waals surface area contributed by atoms with E-state index in [1.165, 1.54) is 0 Å². The van der Waals surface area contributed by atoms with Crippen LogP contribution in [0.25, 0.3) is 0 Å². The minimum absolute atomic E-state index is 0.268. The molecule has 0 saturated heterocycles. The second kappa shape index (κ2) is 5.03. The number of aliphatic carboxylic acids is 1. The van der Waals surface area contributed by atoms with Crippen molar-refractivity contribution in [2.75, 3.05) is 0 Å². The number of carbonyl (C=O) groups is 1. The van der Waals surface area contributed by atoms with E-state index in [0.29, 0.717) is 6.07 Å². The highest BCUT2D eigenvalue weighted by Gasteiger charge is 2.34. The van der Waals surface area contributed by atoms with Crippen molar-refractivity contribution in [3.8, 4) is 0 Å². The van der Waals surface area contributed by atoms with Gasteiger partial charge >= 0.3 is 12.1 Å². The summed E-state index contributed by atoms with van der Waals surface area (Å²) < 4.78 is 37.9. The Morgan fingerprint density at radius 2 is 2.00 bits per heavy atom. The summed E-state index contributed by atoms with van der Waals surface area (Å²) in [6, 6.07) is 2.27. The zero-order valence-corrected chi connectivity index (χ0v) is 8.90. The number of nitro benzene ring substituents is 1. The van der Waals surface area contributed by atoms with E-state index in [0.717, 1.165) is 12.1 Å². The van der Waals surface area contributed by atoms with Crippen molar-refractivity contribution >= 4 is 11.7 Å². The normalized spacial score (nSPS) is 11.3. The SMILES string of the molecule is O=C(O)CCc1ccc([N+](=O)[O-])cc1C(F)(F)F. The number of nitro groups is 1. The Morgan fingerprint density at radius 3 is 2.44 bits per heavy atom. The van der Waals surface area contributed by atoms with E-state index in [2.05, 4.69) is 0 Å². The number of rotatable bonds is 4. The summed E-state index contributed by atoms with van der Waals surface area (Å²) in [6.45, 7) is 0. The second-order valence-electron chi connectivity index (χ2n) is 3.49. The molecule has 0 amide bonds. The van der Waals surface area contributed by atoms with Crippen LogP contribution in [0.4, 0.5) is 18.9 Å². The van der Waals surface area contributed by atoms with Gasteiger partial charge < -0.3 is 5.11 Å². The van der Waals surface area contributed by atoms with Crippen LogP contribution in [0.2, 0.25) is 0 Å². The van der Waals surface area contributed by atoms with Gasteiger partial charge in [-0.15, -0.1) is 0 Å². The van der Waals surface area contributed by atoms with Crippen LogP contribution in [-0.4, -0.2) is 16.0 Å². The number of carboxylic acids is 1. The summed E-state index contributed by atoms with van der Waals surface area (Å²) in [5.41, 5.74) is -2.12. The maximum atomic E-state index is 12.6. The highest BCUT2D eigenvalue weighted by atomic mass is 19.4. The third-order valence-electron chi connectivity index (χ3n) is 2.22. The summed E-state index contributed by atoms with van der Waals surface area (Å²) in [7, 11) is 0. The van der Waals surface area contributed by atoms with Gasteiger partial charge in [0.15, 0.2) is 0 Å². The zero-order valence-electron chi connectivity index (χ0n) is 8.90. The number of aryl methyl sites for hydroxylation is 1. The standard InChI is InChI=1S/C10H8F3NO4/c11-10(12,13)8-5-7(14(17)18)3-1-6(8)2-4-9(15)16/h1,3,5H,2,4H2,(H,15,16). The number of hydrogen-bond donors (Lipinski definition) is 1. The average Bonchev–Trinajstić information content (AvgIpc) is 2.24. The Bertz CT molecular complexity index is 485. The Hall–Kier alpha value is -2.12. The molecule has 0 atom stereocenters. The van der Waals surface area contributed by atoms with Gasteiger partial charge in [-0.2, -0.15) is 13.2 Å². The fourth-order valence-corrected chi connectivity index (χ4v) is 1.40. The third kappa shape index (κ3) is 3.44. The monoisotopic (exact) mass is 263 g/mol. The zero-order chi connectivity index (χ0) is 13.9. The lowest BCUT2D eigenvalue weighted by Gasteiger charge is -2.11. The molecule has 0 saturated carbocycles. The molecule has 1 aromatic carbocycles. The molecule has 1 rings (SSSR count). The summed E-state index contributed by atoms with van der Waals surface area (Å²) in [5.74, 6) is -1.23. The van der Waals surface area contributed by atoms with Crippen LogP contribution in [-0.2, 0) is 17.4 Å². The fourth-order valence-electron chi connectivity index (χ4n) is 1.40. The lowest BCUT2D eigenvalue weighted by Crippen LogP contribution is -2.11. The molecule has 0 heterocycles. The second-order valence-corrected chi connectivity index (χ2v) is 3.49. The third-order valence-corrected chi connectivity index (χ3v) is 2.22. The smallest absolute Gasteiger partial charge is 0.416 e. The molecule has 0 aliphatic carbocycles. The molecule has 1 N–H and O–H groups in total.